The molecular formula is C32H51O2P. The summed E-state index contributed by atoms with van der Waals surface area (Å²) in [5, 5.41) is 1.40. The van der Waals surface area contributed by atoms with Crippen LogP contribution in [0.2, 0.25) is 0 Å². The highest BCUT2D eigenvalue weighted by atomic mass is 31.1. The van der Waals surface area contributed by atoms with E-state index in [4.69, 9.17) is 4.74 Å². The van der Waals surface area contributed by atoms with Gasteiger partial charge in [0.25, 0.3) is 0 Å². The molecule has 6 rings (SSSR count). The molecule has 5 aliphatic carbocycles. The van der Waals surface area contributed by atoms with Gasteiger partial charge in [-0.15, -0.1) is 0 Å². The highest BCUT2D eigenvalue weighted by Crippen LogP contribution is 2.84. The lowest BCUT2D eigenvalue weighted by atomic mass is 9.35. The summed E-state index contributed by atoms with van der Waals surface area (Å²) in [6, 6.07) is 0. The fourth-order valence-corrected chi connectivity index (χ4v) is 12.5. The van der Waals surface area contributed by atoms with E-state index < -0.39 is 11.0 Å². The van der Waals surface area contributed by atoms with Gasteiger partial charge >= 0.3 is 5.97 Å². The zero-order valence-corrected chi connectivity index (χ0v) is 25.6. The fraction of sp³-hybridized carbons (Fsp3) is 0.875. The highest BCUT2D eigenvalue weighted by Gasteiger charge is 2.84. The Labute approximate surface area is 217 Å². The Hall–Kier alpha value is -0.620. The van der Waals surface area contributed by atoms with Gasteiger partial charge in [0.05, 0.1) is 5.16 Å². The van der Waals surface area contributed by atoms with Crippen LogP contribution in [0.4, 0.5) is 0 Å². The molecule has 0 saturated heterocycles. The number of rotatable bonds is 2. The van der Waals surface area contributed by atoms with Crippen molar-refractivity contribution >= 4 is 19.5 Å². The largest absolute Gasteiger partial charge is 0.459 e. The molecule has 0 radical (unpaired) electrons. The van der Waals surface area contributed by atoms with Crippen LogP contribution in [-0.4, -0.2) is 22.0 Å². The van der Waals surface area contributed by atoms with Gasteiger partial charge in [-0.25, -0.2) is 0 Å². The third-order valence-corrected chi connectivity index (χ3v) is 12.6. The van der Waals surface area contributed by atoms with Crippen molar-refractivity contribution in [3.05, 3.63) is 11.1 Å². The minimum atomic E-state index is -0.577. The topological polar surface area (TPSA) is 26.3 Å². The van der Waals surface area contributed by atoms with E-state index in [2.05, 4.69) is 62.3 Å². The first kappa shape index (κ1) is 26.0. The quantitative estimate of drug-likeness (QED) is 0.216. The van der Waals surface area contributed by atoms with Crippen molar-refractivity contribution in [2.24, 2.45) is 44.8 Å². The predicted molar refractivity (Wildman–Crippen MR) is 149 cm³/mol. The molecule has 0 N–H and O–H groups in total. The SMILES string of the molecule is CC(C)(C)OC(=O)C12C(C34CC5CC(CC(C5)C3)C4)=PC1(C(C)(C)C)C(C(C)(C)C)=C2C(C)(C)C. The van der Waals surface area contributed by atoms with Gasteiger partial charge in [-0.2, -0.15) is 0 Å². The molecule has 4 bridgehead atoms. The molecule has 0 aromatic carbocycles. The van der Waals surface area contributed by atoms with Crippen LogP contribution in [0.5, 0.6) is 0 Å². The Bertz CT molecular complexity index is 980. The van der Waals surface area contributed by atoms with E-state index in [0.29, 0.717) is 0 Å². The molecule has 6 aliphatic rings. The standard InChI is InChI=1S/C32H51O2P/c1-26(2,3)22-23(27(4,5)6)32(28(7,8)9)31(22,25(33)34-29(10,11)12)24(35-32)30-16-19-13-20(17-30)15-21(14-19)18-30/h19-21H,13-18H2,1-12H3. The number of hydrogen-bond donors (Lipinski definition) is 0. The number of ether oxygens (including phenoxy) is 1. The van der Waals surface area contributed by atoms with Gasteiger partial charge < -0.3 is 4.74 Å². The van der Waals surface area contributed by atoms with Gasteiger partial charge in [-0.05, 0) is 115 Å². The smallest absolute Gasteiger partial charge is 0.322 e. The van der Waals surface area contributed by atoms with Crippen LogP contribution in [0.1, 0.15) is 122 Å². The van der Waals surface area contributed by atoms with Gasteiger partial charge in [-0.1, -0.05) is 70.5 Å². The molecule has 1 heterocycles. The lowest BCUT2D eigenvalue weighted by molar-refractivity contribution is -0.168. The van der Waals surface area contributed by atoms with Crippen molar-refractivity contribution in [2.45, 2.75) is 132 Å². The maximum absolute atomic E-state index is 14.8. The molecule has 35 heavy (non-hydrogen) atoms. The Balaban J connectivity index is 1.80. The van der Waals surface area contributed by atoms with Crippen LogP contribution in [0, 0.1) is 44.8 Å². The molecule has 4 saturated carbocycles. The number of carbonyl (C=O) groups is 1. The van der Waals surface area contributed by atoms with E-state index >= 15 is 0 Å². The van der Waals surface area contributed by atoms with Crippen molar-refractivity contribution in [3.8, 4) is 0 Å². The molecule has 196 valence electrons. The van der Waals surface area contributed by atoms with Crippen LogP contribution < -0.4 is 0 Å². The molecule has 2 unspecified atom stereocenters. The molecule has 1 aliphatic heterocycles. The third kappa shape index (κ3) is 3.26. The number of fused-ring (bicyclic) bond motifs is 1. The first-order valence-corrected chi connectivity index (χ1v) is 15.2. The van der Waals surface area contributed by atoms with Crippen molar-refractivity contribution < 1.29 is 9.53 Å². The molecule has 2 atom stereocenters. The van der Waals surface area contributed by atoms with Crippen molar-refractivity contribution in [3.63, 3.8) is 0 Å². The van der Waals surface area contributed by atoms with E-state index in [9.17, 15) is 4.79 Å². The molecule has 4 fully saturated rings. The van der Waals surface area contributed by atoms with Crippen molar-refractivity contribution in [2.75, 3.05) is 0 Å². The molecule has 0 spiro atoms. The zero-order chi connectivity index (χ0) is 26.2. The summed E-state index contributed by atoms with van der Waals surface area (Å²) in [7, 11) is 1.44. The summed E-state index contributed by atoms with van der Waals surface area (Å²) in [6.07, 6.45) is 8.24. The van der Waals surface area contributed by atoms with Crippen LogP contribution in [0.25, 0.3) is 0 Å². The monoisotopic (exact) mass is 498 g/mol. The average molecular weight is 499 g/mol. The molecule has 0 amide bonds. The second-order valence-electron chi connectivity index (χ2n) is 17.1. The van der Waals surface area contributed by atoms with E-state index in [1.807, 2.05) is 20.8 Å². The summed E-state index contributed by atoms with van der Waals surface area (Å²) in [4.78, 5) is 14.8. The number of hydrogen-bond acceptors (Lipinski definition) is 2. The van der Waals surface area contributed by atoms with Crippen molar-refractivity contribution in [1.29, 1.82) is 0 Å². The van der Waals surface area contributed by atoms with Crippen molar-refractivity contribution in [1.82, 2.24) is 0 Å². The number of carbonyl (C=O) groups excluding carboxylic acids is 1. The lowest BCUT2D eigenvalue weighted by Crippen LogP contribution is -2.80. The molecule has 0 aromatic rings. The Morgan fingerprint density at radius 2 is 1.17 bits per heavy atom. The Morgan fingerprint density at radius 3 is 1.51 bits per heavy atom. The minimum Gasteiger partial charge on any atom is -0.459 e. The summed E-state index contributed by atoms with van der Waals surface area (Å²) < 4.78 is 6.47. The summed E-state index contributed by atoms with van der Waals surface area (Å²) in [5.41, 5.74) is 2.02. The van der Waals surface area contributed by atoms with Crippen LogP contribution in [0.15, 0.2) is 11.1 Å². The fourth-order valence-electron chi connectivity index (χ4n) is 9.88. The van der Waals surface area contributed by atoms with E-state index in [1.165, 1.54) is 52.3 Å². The molecule has 0 aromatic heterocycles. The molecule has 3 heteroatoms. The lowest BCUT2D eigenvalue weighted by Gasteiger charge is -2.77. The second-order valence-corrected chi connectivity index (χ2v) is 18.5. The predicted octanol–water partition coefficient (Wildman–Crippen LogP) is 8.85. The maximum atomic E-state index is 14.8. The highest BCUT2D eigenvalue weighted by molar-refractivity contribution is 7.47. The summed E-state index contributed by atoms with van der Waals surface area (Å²) >= 11 is 0. The molecular weight excluding hydrogens is 447 g/mol. The minimum absolute atomic E-state index is 0.0153. The second kappa shape index (κ2) is 7.07. The summed E-state index contributed by atoms with van der Waals surface area (Å²) in [5.74, 6) is 2.66. The number of allylic oxidation sites excluding steroid dienone is 1. The molecule has 2 nitrogen and oxygen atoms in total. The third-order valence-electron chi connectivity index (χ3n) is 10.00. The first-order valence-electron chi connectivity index (χ1n) is 14.3. The number of esters is 1. The Morgan fingerprint density at radius 1 is 0.743 bits per heavy atom. The normalized spacial score (nSPS) is 41.1. The van der Waals surface area contributed by atoms with Gasteiger partial charge in [0.2, 0.25) is 0 Å². The van der Waals surface area contributed by atoms with E-state index in [-0.39, 0.29) is 32.8 Å². The van der Waals surface area contributed by atoms with Gasteiger partial charge in [0, 0.05) is 0 Å². The maximum Gasteiger partial charge on any atom is 0.322 e. The van der Waals surface area contributed by atoms with E-state index in [0.717, 1.165) is 17.8 Å². The Kier molecular flexibility index (Phi) is 5.25. The van der Waals surface area contributed by atoms with Gasteiger partial charge in [-0.3, -0.25) is 4.79 Å². The first-order chi connectivity index (χ1) is 15.7. The average Bonchev–Trinajstić information content (AvgIpc) is 2.56. The summed E-state index contributed by atoms with van der Waals surface area (Å²) in [6.45, 7) is 27.5. The van der Waals surface area contributed by atoms with Gasteiger partial charge in [0.1, 0.15) is 11.0 Å². The zero-order valence-electron chi connectivity index (χ0n) is 24.7. The van der Waals surface area contributed by atoms with E-state index in [1.54, 1.807) is 10.9 Å². The van der Waals surface area contributed by atoms with Crippen LogP contribution in [0.3, 0.4) is 0 Å². The van der Waals surface area contributed by atoms with Crippen LogP contribution >= 0.6 is 8.20 Å². The van der Waals surface area contributed by atoms with Crippen LogP contribution in [-0.2, 0) is 9.53 Å². The van der Waals surface area contributed by atoms with Gasteiger partial charge in [0.15, 0.2) is 0 Å².